The smallest absolute Gasteiger partial charge is 0.331 e. The topological polar surface area (TPSA) is 92.2 Å². The first-order chi connectivity index (χ1) is 12.3. The summed E-state index contributed by atoms with van der Waals surface area (Å²) in [7, 11) is 0. The number of unbranched alkanes of at least 4 members (excludes halogenated alkanes) is 1. The molecule has 6 nitrogen and oxygen atoms in total. The van der Waals surface area contributed by atoms with Crippen molar-refractivity contribution in [2.45, 2.75) is 46.1 Å². The van der Waals surface area contributed by atoms with Crippen LogP contribution in [0, 0.1) is 0 Å². The van der Waals surface area contributed by atoms with Crippen molar-refractivity contribution in [3.8, 4) is 5.88 Å². The van der Waals surface area contributed by atoms with E-state index >= 15 is 0 Å². The fraction of sp³-hybridized carbons (Fsp3) is 0.350. The van der Waals surface area contributed by atoms with Gasteiger partial charge in [0.25, 0.3) is 5.56 Å². The highest BCUT2D eigenvalue weighted by Crippen LogP contribution is 2.16. The third kappa shape index (κ3) is 4.39. The number of benzene rings is 1. The van der Waals surface area contributed by atoms with Crippen molar-refractivity contribution in [3.63, 3.8) is 0 Å². The van der Waals surface area contributed by atoms with Crippen LogP contribution in [-0.2, 0) is 6.54 Å². The minimum Gasteiger partial charge on any atom is -0.494 e. The van der Waals surface area contributed by atoms with Crippen LogP contribution < -0.4 is 11.2 Å². The molecule has 0 bridgehead atoms. The lowest BCUT2D eigenvalue weighted by Gasteiger charge is -2.09. The summed E-state index contributed by atoms with van der Waals surface area (Å²) in [5, 5.41) is 10.2. The van der Waals surface area contributed by atoms with Crippen molar-refractivity contribution >= 4 is 11.9 Å². The Morgan fingerprint density at radius 3 is 2.46 bits per heavy atom. The van der Waals surface area contributed by atoms with E-state index < -0.39 is 28.5 Å². The van der Waals surface area contributed by atoms with Crippen molar-refractivity contribution < 1.29 is 9.90 Å². The van der Waals surface area contributed by atoms with Gasteiger partial charge in [0.05, 0.1) is 0 Å². The molecule has 1 heterocycles. The largest absolute Gasteiger partial charge is 0.494 e. The molecule has 2 rings (SSSR count). The highest BCUT2D eigenvalue weighted by molar-refractivity contribution is 6.07. The first kappa shape index (κ1) is 19.4. The molecule has 2 N–H and O–H groups in total. The number of nitrogens with one attached hydrogen (secondary N) is 1. The Hall–Kier alpha value is -2.89. The van der Waals surface area contributed by atoms with Gasteiger partial charge in [0.1, 0.15) is 5.56 Å². The van der Waals surface area contributed by atoms with Crippen LogP contribution >= 0.6 is 0 Å². The number of carbonyl (C=O) groups is 1. The summed E-state index contributed by atoms with van der Waals surface area (Å²) in [5.41, 5.74) is -0.0323. The van der Waals surface area contributed by atoms with Gasteiger partial charge in [0.2, 0.25) is 5.88 Å². The number of H-pyrrole nitrogens is 1. The predicted octanol–water partition coefficient (Wildman–Crippen LogP) is 3.06. The molecule has 1 aromatic heterocycles. The number of aromatic nitrogens is 2. The maximum atomic E-state index is 12.4. The SMILES string of the molecule is CCCCn1c(O)c(C(=O)/C=C/c2ccc(C(C)C)cc2)c(=O)[nH]c1=O. The molecule has 0 aliphatic heterocycles. The van der Waals surface area contributed by atoms with Gasteiger partial charge in [-0.15, -0.1) is 0 Å². The quantitative estimate of drug-likeness (QED) is 0.589. The van der Waals surface area contributed by atoms with E-state index in [4.69, 9.17) is 0 Å². The number of hydrogen-bond acceptors (Lipinski definition) is 4. The molecule has 2 aromatic rings. The molecule has 0 amide bonds. The van der Waals surface area contributed by atoms with Crippen LogP contribution in [0.1, 0.15) is 61.0 Å². The fourth-order valence-electron chi connectivity index (χ4n) is 2.55. The van der Waals surface area contributed by atoms with Crippen molar-refractivity contribution in [3.05, 3.63) is 67.9 Å². The zero-order valence-corrected chi connectivity index (χ0v) is 15.3. The summed E-state index contributed by atoms with van der Waals surface area (Å²) in [6.45, 7) is 6.36. The van der Waals surface area contributed by atoms with Crippen molar-refractivity contribution in [1.82, 2.24) is 9.55 Å². The molecule has 26 heavy (non-hydrogen) atoms. The number of nitrogens with zero attached hydrogens (tertiary/aromatic N) is 1. The third-order valence-corrected chi connectivity index (χ3v) is 4.18. The monoisotopic (exact) mass is 356 g/mol. The van der Waals surface area contributed by atoms with Gasteiger partial charge in [-0.3, -0.25) is 19.1 Å². The van der Waals surface area contributed by atoms with Crippen LogP contribution in [0.2, 0.25) is 0 Å². The highest BCUT2D eigenvalue weighted by atomic mass is 16.3. The van der Waals surface area contributed by atoms with Crippen LogP contribution in [0.25, 0.3) is 6.08 Å². The lowest BCUT2D eigenvalue weighted by atomic mass is 10.0. The summed E-state index contributed by atoms with van der Waals surface area (Å²) in [6.07, 6.45) is 4.25. The van der Waals surface area contributed by atoms with Gasteiger partial charge in [0.15, 0.2) is 5.78 Å². The molecule has 6 heteroatoms. The normalized spacial score (nSPS) is 11.4. The van der Waals surface area contributed by atoms with Gasteiger partial charge in [-0.05, 0) is 29.5 Å². The van der Waals surface area contributed by atoms with E-state index in [1.165, 1.54) is 11.6 Å². The molecule has 1 aromatic carbocycles. The molecular weight excluding hydrogens is 332 g/mol. The average molecular weight is 356 g/mol. The zero-order chi connectivity index (χ0) is 19.3. The Kier molecular flexibility index (Phi) is 6.33. The summed E-state index contributed by atoms with van der Waals surface area (Å²) in [6, 6.07) is 7.71. The van der Waals surface area contributed by atoms with Gasteiger partial charge in [-0.2, -0.15) is 0 Å². The predicted molar refractivity (Wildman–Crippen MR) is 102 cm³/mol. The molecule has 0 unspecified atom stereocenters. The number of aromatic amines is 1. The summed E-state index contributed by atoms with van der Waals surface area (Å²) in [4.78, 5) is 38.3. The van der Waals surface area contributed by atoms with Gasteiger partial charge in [0, 0.05) is 6.54 Å². The van der Waals surface area contributed by atoms with Gasteiger partial charge < -0.3 is 5.11 Å². The van der Waals surface area contributed by atoms with Gasteiger partial charge in [-0.1, -0.05) is 57.5 Å². The van der Waals surface area contributed by atoms with Crippen molar-refractivity contribution in [1.29, 1.82) is 0 Å². The summed E-state index contributed by atoms with van der Waals surface area (Å²) in [5.74, 6) is -0.826. The van der Waals surface area contributed by atoms with Crippen molar-refractivity contribution in [2.24, 2.45) is 0 Å². The minimum atomic E-state index is -0.884. The molecule has 0 fully saturated rings. The third-order valence-electron chi connectivity index (χ3n) is 4.18. The second-order valence-corrected chi connectivity index (χ2v) is 6.48. The molecule has 0 spiro atoms. The van der Waals surface area contributed by atoms with Crippen LogP contribution in [0.5, 0.6) is 5.88 Å². The van der Waals surface area contributed by atoms with Crippen molar-refractivity contribution in [2.75, 3.05) is 0 Å². The van der Waals surface area contributed by atoms with E-state index in [1.54, 1.807) is 6.08 Å². The molecule has 0 aliphatic carbocycles. The Labute approximate surface area is 151 Å². The van der Waals surface area contributed by atoms with Crippen LogP contribution in [-0.4, -0.2) is 20.4 Å². The Morgan fingerprint density at radius 2 is 1.88 bits per heavy atom. The molecule has 0 aliphatic rings. The van der Waals surface area contributed by atoms with Crippen LogP contribution in [0.3, 0.4) is 0 Å². The first-order valence-electron chi connectivity index (χ1n) is 8.73. The summed E-state index contributed by atoms with van der Waals surface area (Å²) < 4.78 is 1.02. The van der Waals surface area contributed by atoms with E-state index in [1.807, 2.05) is 31.2 Å². The van der Waals surface area contributed by atoms with E-state index in [-0.39, 0.29) is 6.54 Å². The first-order valence-corrected chi connectivity index (χ1v) is 8.73. The number of ketones is 1. The Balaban J connectivity index is 2.31. The molecule has 0 saturated carbocycles. The lowest BCUT2D eigenvalue weighted by Crippen LogP contribution is -2.33. The molecule has 0 atom stereocenters. The number of allylic oxidation sites excluding steroid dienone is 1. The molecule has 0 radical (unpaired) electrons. The van der Waals surface area contributed by atoms with E-state index in [2.05, 4.69) is 18.8 Å². The van der Waals surface area contributed by atoms with Gasteiger partial charge >= 0.3 is 5.69 Å². The number of rotatable bonds is 7. The Bertz CT molecular complexity index is 918. The second kappa shape index (κ2) is 8.47. The minimum absolute atomic E-state index is 0.235. The molecule has 0 saturated heterocycles. The summed E-state index contributed by atoms with van der Waals surface area (Å²) >= 11 is 0. The fourth-order valence-corrected chi connectivity index (χ4v) is 2.55. The van der Waals surface area contributed by atoms with E-state index in [0.29, 0.717) is 12.3 Å². The lowest BCUT2D eigenvalue weighted by molar-refractivity contribution is 0.104. The maximum Gasteiger partial charge on any atom is 0.331 e. The number of carbonyl (C=O) groups excluding carboxylic acids is 1. The Morgan fingerprint density at radius 1 is 1.23 bits per heavy atom. The number of aromatic hydroxyl groups is 1. The second-order valence-electron chi connectivity index (χ2n) is 6.48. The van der Waals surface area contributed by atoms with Crippen LogP contribution in [0.4, 0.5) is 0 Å². The molecular formula is C20H24N2O4. The van der Waals surface area contributed by atoms with Crippen LogP contribution in [0.15, 0.2) is 39.9 Å². The average Bonchev–Trinajstić information content (AvgIpc) is 2.59. The van der Waals surface area contributed by atoms with Gasteiger partial charge in [-0.25, -0.2) is 4.79 Å². The highest BCUT2D eigenvalue weighted by Gasteiger charge is 2.18. The standard InChI is InChI=1S/C20H24N2O4/c1-4-5-12-22-19(25)17(18(24)21-20(22)26)16(23)11-8-14-6-9-15(10-7-14)13(2)3/h6-11,13,25H,4-5,12H2,1-3H3,(H,21,24,26)/b11-8+. The van der Waals surface area contributed by atoms with E-state index in [0.717, 1.165) is 16.6 Å². The molecule has 138 valence electrons. The zero-order valence-electron chi connectivity index (χ0n) is 15.3. The maximum absolute atomic E-state index is 12.4. The van der Waals surface area contributed by atoms with E-state index in [9.17, 15) is 19.5 Å². The number of hydrogen-bond donors (Lipinski definition) is 2.